The van der Waals surface area contributed by atoms with Crippen LogP contribution in [0.5, 0.6) is 0 Å². The highest BCUT2D eigenvalue weighted by Gasteiger charge is 2.35. The molecule has 1 saturated heterocycles. The van der Waals surface area contributed by atoms with Crippen molar-refractivity contribution in [3.05, 3.63) is 30.1 Å². The van der Waals surface area contributed by atoms with Crippen LogP contribution in [0.4, 0.5) is 10.1 Å². The van der Waals surface area contributed by atoms with Gasteiger partial charge in [-0.25, -0.2) is 9.07 Å². The molecule has 1 atom stereocenters. The molecular weight excluding hydrogens is 347 g/mol. The van der Waals surface area contributed by atoms with Crippen LogP contribution < -0.4 is 10.2 Å². The summed E-state index contributed by atoms with van der Waals surface area (Å²) >= 11 is 1.43. The summed E-state index contributed by atoms with van der Waals surface area (Å²) in [5.74, 6) is -0.575. The summed E-state index contributed by atoms with van der Waals surface area (Å²) in [6, 6.07) is 5.82. The Bertz CT molecular complexity index is 783. The van der Waals surface area contributed by atoms with E-state index in [4.69, 9.17) is 0 Å². The van der Waals surface area contributed by atoms with E-state index in [9.17, 15) is 14.0 Å². The molecule has 1 aromatic heterocycles. The van der Waals surface area contributed by atoms with Crippen LogP contribution in [-0.4, -0.2) is 50.9 Å². The molecule has 25 heavy (non-hydrogen) atoms. The molecule has 0 unspecified atom stereocenters. The molecule has 1 aliphatic rings. The lowest BCUT2D eigenvalue weighted by Crippen LogP contribution is -2.34. The molecule has 1 aliphatic heterocycles. The van der Waals surface area contributed by atoms with E-state index < -0.39 is 11.7 Å². The van der Waals surface area contributed by atoms with Crippen molar-refractivity contribution in [3.8, 4) is 0 Å². The van der Waals surface area contributed by atoms with E-state index in [1.807, 2.05) is 0 Å². The number of carbonyl (C=O) groups excluding carboxylic acids is 2. The predicted octanol–water partition coefficient (Wildman–Crippen LogP) is 0.611. The summed E-state index contributed by atoms with van der Waals surface area (Å²) in [7, 11) is 1.74. The van der Waals surface area contributed by atoms with Crippen LogP contribution in [0.3, 0.4) is 0 Å². The van der Waals surface area contributed by atoms with Gasteiger partial charge >= 0.3 is 0 Å². The summed E-state index contributed by atoms with van der Waals surface area (Å²) in [5.41, 5.74) is 0.477. The number of aryl methyl sites for hydroxylation is 1. The maximum atomic E-state index is 13.3. The minimum absolute atomic E-state index is 0.128. The first kappa shape index (κ1) is 17.3. The third-order valence-electron chi connectivity index (χ3n) is 3.83. The van der Waals surface area contributed by atoms with Crippen molar-refractivity contribution in [2.45, 2.75) is 11.6 Å². The number of thioether (sulfide) groups is 1. The molecule has 0 spiro atoms. The highest BCUT2D eigenvalue weighted by molar-refractivity contribution is 7.99. The van der Waals surface area contributed by atoms with Gasteiger partial charge in [0.25, 0.3) is 0 Å². The number of carbonyl (C=O) groups is 2. The van der Waals surface area contributed by atoms with Crippen LogP contribution in [0.15, 0.2) is 29.4 Å². The molecule has 0 saturated carbocycles. The minimum atomic E-state index is -0.433. The van der Waals surface area contributed by atoms with Crippen LogP contribution >= 0.6 is 11.8 Å². The topological polar surface area (TPSA) is 93.0 Å². The number of benzene rings is 1. The predicted molar refractivity (Wildman–Crippen MR) is 89.4 cm³/mol. The van der Waals surface area contributed by atoms with E-state index >= 15 is 0 Å². The summed E-state index contributed by atoms with van der Waals surface area (Å²) in [5, 5.41) is 14.6. The Morgan fingerprint density at radius 1 is 1.48 bits per heavy atom. The molecule has 0 bridgehead atoms. The van der Waals surface area contributed by atoms with Crippen molar-refractivity contribution >= 4 is 29.3 Å². The number of tetrazole rings is 1. The largest absolute Gasteiger partial charge is 0.355 e. The fraction of sp³-hybridized carbons (Fsp3) is 0.400. The molecule has 0 aliphatic carbocycles. The number of rotatable bonds is 6. The van der Waals surface area contributed by atoms with E-state index in [0.29, 0.717) is 23.1 Å². The summed E-state index contributed by atoms with van der Waals surface area (Å²) in [6.45, 7) is 0.704. The van der Waals surface area contributed by atoms with Gasteiger partial charge in [-0.3, -0.25) is 9.59 Å². The average molecular weight is 364 g/mol. The molecule has 10 heteroatoms. The van der Waals surface area contributed by atoms with Gasteiger partial charge in [-0.1, -0.05) is 17.8 Å². The molecule has 0 radical (unpaired) electrons. The molecule has 2 amide bonds. The van der Waals surface area contributed by atoms with Crippen LogP contribution in [0, 0.1) is 11.7 Å². The average Bonchev–Trinajstić information content (AvgIpc) is 3.17. The number of anilines is 1. The molecule has 132 valence electrons. The smallest absolute Gasteiger partial charge is 0.227 e. The fourth-order valence-corrected chi connectivity index (χ4v) is 3.29. The molecule has 1 fully saturated rings. The van der Waals surface area contributed by atoms with Gasteiger partial charge in [0.05, 0.1) is 5.92 Å². The number of nitrogens with zero attached hydrogens (tertiary/aromatic N) is 5. The zero-order valence-electron chi connectivity index (χ0n) is 13.6. The van der Waals surface area contributed by atoms with Crippen LogP contribution in [0.25, 0.3) is 0 Å². The maximum absolute atomic E-state index is 13.3. The Morgan fingerprint density at radius 3 is 3.04 bits per heavy atom. The second-order valence-electron chi connectivity index (χ2n) is 5.61. The zero-order chi connectivity index (χ0) is 17.8. The first-order chi connectivity index (χ1) is 12.0. The fourth-order valence-electron chi connectivity index (χ4n) is 2.58. The van der Waals surface area contributed by atoms with E-state index in [1.54, 1.807) is 23.9 Å². The van der Waals surface area contributed by atoms with E-state index in [-0.39, 0.29) is 24.8 Å². The molecule has 3 rings (SSSR count). The van der Waals surface area contributed by atoms with Gasteiger partial charge < -0.3 is 10.2 Å². The van der Waals surface area contributed by atoms with Gasteiger partial charge in [0, 0.05) is 38.0 Å². The third-order valence-corrected chi connectivity index (χ3v) is 4.84. The Hall–Kier alpha value is -2.49. The number of amides is 2. The summed E-state index contributed by atoms with van der Waals surface area (Å²) in [6.07, 6.45) is 0.128. The van der Waals surface area contributed by atoms with Crippen LogP contribution in [0.1, 0.15) is 6.42 Å². The Labute approximate surface area is 147 Å². The molecule has 1 aromatic carbocycles. The first-order valence-electron chi connectivity index (χ1n) is 7.73. The molecule has 2 heterocycles. The number of aromatic nitrogens is 4. The van der Waals surface area contributed by atoms with Gasteiger partial charge in [0.2, 0.25) is 17.0 Å². The van der Waals surface area contributed by atoms with Gasteiger partial charge in [0.1, 0.15) is 5.82 Å². The lowest BCUT2D eigenvalue weighted by atomic mass is 10.1. The number of halogens is 1. The molecular formula is C15H17FN6O2S. The first-order valence-corrected chi connectivity index (χ1v) is 8.72. The minimum Gasteiger partial charge on any atom is -0.355 e. The maximum Gasteiger partial charge on any atom is 0.227 e. The summed E-state index contributed by atoms with van der Waals surface area (Å²) < 4.78 is 14.9. The van der Waals surface area contributed by atoms with Crippen molar-refractivity contribution in [1.29, 1.82) is 0 Å². The Balaban J connectivity index is 1.48. The SMILES string of the molecule is Cn1nnnc1SCCNC(=O)[C@@H]1CC(=O)N(c2cccc(F)c2)C1. The van der Waals surface area contributed by atoms with Crippen molar-refractivity contribution < 1.29 is 14.0 Å². The van der Waals surface area contributed by atoms with Gasteiger partial charge in [-0.2, -0.15) is 0 Å². The number of nitrogens with one attached hydrogen (secondary N) is 1. The third kappa shape index (κ3) is 4.13. The Kier molecular flexibility index (Phi) is 5.27. The van der Waals surface area contributed by atoms with Crippen molar-refractivity contribution in [2.75, 3.05) is 23.7 Å². The number of hydrogen-bond donors (Lipinski definition) is 1. The second-order valence-corrected chi connectivity index (χ2v) is 6.67. The van der Waals surface area contributed by atoms with E-state index in [2.05, 4.69) is 20.8 Å². The normalized spacial score (nSPS) is 17.1. The quantitative estimate of drug-likeness (QED) is 0.596. The highest BCUT2D eigenvalue weighted by Crippen LogP contribution is 2.25. The Morgan fingerprint density at radius 2 is 2.32 bits per heavy atom. The standard InChI is InChI=1S/C15H17FN6O2S/c1-21-15(18-19-20-21)25-6-5-17-14(24)10-7-13(23)22(9-10)12-4-2-3-11(16)8-12/h2-4,8,10H,5-7,9H2,1H3,(H,17,24)/t10-/m1/s1. The zero-order valence-corrected chi connectivity index (χ0v) is 14.4. The van der Waals surface area contributed by atoms with Crippen molar-refractivity contribution in [1.82, 2.24) is 25.5 Å². The van der Waals surface area contributed by atoms with Gasteiger partial charge in [-0.15, -0.1) is 5.10 Å². The summed E-state index contributed by atoms with van der Waals surface area (Å²) in [4.78, 5) is 25.8. The lowest BCUT2D eigenvalue weighted by molar-refractivity contribution is -0.126. The van der Waals surface area contributed by atoms with Crippen molar-refractivity contribution in [2.24, 2.45) is 13.0 Å². The van der Waals surface area contributed by atoms with Crippen LogP contribution in [0.2, 0.25) is 0 Å². The van der Waals surface area contributed by atoms with Crippen molar-refractivity contribution in [3.63, 3.8) is 0 Å². The monoisotopic (exact) mass is 364 g/mol. The van der Waals surface area contributed by atoms with Crippen LogP contribution in [-0.2, 0) is 16.6 Å². The molecule has 8 nitrogen and oxygen atoms in total. The van der Waals surface area contributed by atoms with Gasteiger partial charge in [-0.05, 0) is 28.6 Å². The molecule has 1 N–H and O–H groups in total. The van der Waals surface area contributed by atoms with E-state index in [0.717, 1.165) is 0 Å². The van der Waals surface area contributed by atoms with Gasteiger partial charge in [0.15, 0.2) is 0 Å². The number of hydrogen-bond acceptors (Lipinski definition) is 6. The van der Waals surface area contributed by atoms with E-state index in [1.165, 1.54) is 28.8 Å². The second kappa shape index (κ2) is 7.60. The lowest BCUT2D eigenvalue weighted by Gasteiger charge is -2.16. The molecule has 2 aromatic rings. The highest BCUT2D eigenvalue weighted by atomic mass is 32.2.